The molecule has 0 saturated heterocycles. The van der Waals surface area contributed by atoms with Crippen molar-refractivity contribution in [1.29, 1.82) is 0 Å². The molecule has 2 heteroatoms. The third-order valence-corrected chi connectivity index (χ3v) is 5.65. The van der Waals surface area contributed by atoms with Crippen LogP contribution in [0.2, 0.25) is 0 Å². The van der Waals surface area contributed by atoms with Crippen LogP contribution in [0.5, 0.6) is 0 Å². The summed E-state index contributed by atoms with van der Waals surface area (Å²) in [7, 11) is 0. The molecular formula is C19H36O2. The lowest BCUT2D eigenvalue weighted by molar-refractivity contribution is -0.129. The predicted molar refractivity (Wildman–Crippen MR) is 89.3 cm³/mol. The molecule has 0 heterocycles. The molecule has 0 spiro atoms. The fourth-order valence-corrected chi connectivity index (χ4v) is 4.46. The van der Waals surface area contributed by atoms with Gasteiger partial charge in [0.15, 0.2) is 0 Å². The van der Waals surface area contributed by atoms with Gasteiger partial charge in [-0.05, 0) is 63.7 Å². The van der Waals surface area contributed by atoms with E-state index in [1.165, 1.54) is 25.7 Å². The molecule has 1 N–H and O–H groups in total. The monoisotopic (exact) mass is 296 g/mol. The zero-order valence-electron chi connectivity index (χ0n) is 14.9. The number of hydrogen-bond acceptors (Lipinski definition) is 2. The van der Waals surface area contributed by atoms with E-state index >= 15 is 0 Å². The van der Waals surface area contributed by atoms with Gasteiger partial charge in [0.05, 0.1) is 5.60 Å². The molecule has 0 radical (unpaired) electrons. The number of carbonyl (C=O) groups excluding carboxylic acids is 1. The van der Waals surface area contributed by atoms with Crippen molar-refractivity contribution in [2.24, 2.45) is 17.3 Å². The van der Waals surface area contributed by atoms with Gasteiger partial charge in [0.2, 0.25) is 0 Å². The van der Waals surface area contributed by atoms with Gasteiger partial charge >= 0.3 is 0 Å². The molecule has 0 bridgehead atoms. The lowest BCUT2D eigenvalue weighted by Crippen LogP contribution is -2.37. The molecule has 0 aliphatic heterocycles. The molecule has 0 aromatic carbocycles. The van der Waals surface area contributed by atoms with Gasteiger partial charge in [0.1, 0.15) is 5.78 Å². The highest BCUT2D eigenvalue weighted by Gasteiger charge is 2.50. The van der Waals surface area contributed by atoms with Crippen LogP contribution in [-0.4, -0.2) is 16.5 Å². The van der Waals surface area contributed by atoms with Gasteiger partial charge in [-0.15, -0.1) is 0 Å². The first-order chi connectivity index (χ1) is 9.83. The topological polar surface area (TPSA) is 37.3 Å². The van der Waals surface area contributed by atoms with Crippen molar-refractivity contribution < 1.29 is 9.90 Å². The van der Waals surface area contributed by atoms with E-state index in [0.29, 0.717) is 17.1 Å². The number of hydrogen-bond donors (Lipinski definition) is 1. The van der Waals surface area contributed by atoms with E-state index in [0.717, 1.165) is 38.0 Å². The number of fused-ring (bicyclic) bond motifs is 1. The quantitative estimate of drug-likeness (QED) is 0.714. The van der Waals surface area contributed by atoms with Crippen LogP contribution in [-0.2, 0) is 4.79 Å². The number of carbonyl (C=O) groups is 1. The van der Waals surface area contributed by atoms with E-state index < -0.39 is 5.60 Å². The van der Waals surface area contributed by atoms with Crippen LogP contribution in [0.1, 0.15) is 92.4 Å². The van der Waals surface area contributed by atoms with E-state index in [-0.39, 0.29) is 0 Å². The fraction of sp³-hybridized carbons (Fsp3) is 0.947. The Bertz CT molecular complexity index is 329. The number of ketones is 1. The average Bonchev–Trinajstić information content (AvgIpc) is 2.74. The Morgan fingerprint density at radius 1 is 1.24 bits per heavy atom. The van der Waals surface area contributed by atoms with E-state index in [2.05, 4.69) is 6.92 Å². The molecule has 2 saturated carbocycles. The van der Waals surface area contributed by atoms with Crippen LogP contribution in [0.3, 0.4) is 0 Å². The minimum Gasteiger partial charge on any atom is -0.390 e. The van der Waals surface area contributed by atoms with Crippen molar-refractivity contribution in [2.45, 2.75) is 98.0 Å². The normalized spacial score (nSPS) is 32.4. The molecule has 0 amide bonds. The average molecular weight is 296 g/mol. The zero-order chi connectivity index (χ0) is 16.1. The Kier molecular flexibility index (Phi) is 6.90. The molecule has 124 valence electrons. The smallest absolute Gasteiger partial charge is 0.136 e. The molecule has 2 aliphatic carbocycles. The lowest BCUT2D eigenvalue weighted by Gasteiger charge is -2.40. The van der Waals surface area contributed by atoms with Gasteiger partial charge in [-0.25, -0.2) is 0 Å². The SMILES string of the molecule is CC.CC(C)(O)CCCCC1CC[C@H]2C(=O)CCC[C@]12C. The first-order valence-corrected chi connectivity index (χ1v) is 9.08. The first kappa shape index (κ1) is 18.7. The zero-order valence-corrected chi connectivity index (χ0v) is 14.9. The summed E-state index contributed by atoms with van der Waals surface area (Å²) < 4.78 is 0. The molecule has 2 nitrogen and oxygen atoms in total. The molecule has 2 aliphatic rings. The second-order valence-electron chi connectivity index (χ2n) is 7.71. The molecule has 1 unspecified atom stereocenters. The maximum atomic E-state index is 12.1. The Hall–Kier alpha value is -0.370. The number of unbranched alkanes of at least 4 members (excludes halogenated alkanes) is 1. The van der Waals surface area contributed by atoms with Crippen LogP contribution in [0, 0.1) is 17.3 Å². The molecule has 0 aromatic heterocycles. The van der Waals surface area contributed by atoms with Gasteiger partial charge in [-0.1, -0.05) is 33.6 Å². The second kappa shape index (κ2) is 7.76. The highest BCUT2D eigenvalue weighted by Crippen LogP contribution is 2.55. The first-order valence-electron chi connectivity index (χ1n) is 9.08. The van der Waals surface area contributed by atoms with Gasteiger partial charge in [-0.3, -0.25) is 4.79 Å². The van der Waals surface area contributed by atoms with Gasteiger partial charge in [0, 0.05) is 12.3 Å². The second-order valence-corrected chi connectivity index (χ2v) is 7.71. The lowest BCUT2D eigenvalue weighted by atomic mass is 9.64. The maximum absolute atomic E-state index is 12.1. The van der Waals surface area contributed by atoms with E-state index in [4.69, 9.17) is 0 Å². The summed E-state index contributed by atoms with van der Waals surface area (Å²) in [6.07, 6.45) is 9.99. The predicted octanol–water partition coefficient (Wildman–Crippen LogP) is 5.13. The van der Waals surface area contributed by atoms with Crippen LogP contribution in [0.15, 0.2) is 0 Å². The van der Waals surface area contributed by atoms with Crippen molar-refractivity contribution in [3.05, 3.63) is 0 Å². The molecule has 0 aromatic rings. The summed E-state index contributed by atoms with van der Waals surface area (Å²) in [5, 5.41) is 9.74. The molecular weight excluding hydrogens is 260 g/mol. The summed E-state index contributed by atoms with van der Waals surface area (Å²) in [5.41, 5.74) is -0.229. The van der Waals surface area contributed by atoms with Crippen LogP contribution >= 0.6 is 0 Å². The van der Waals surface area contributed by atoms with Gasteiger partial charge < -0.3 is 5.11 Å². The van der Waals surface area contributed by atoms with E-state index in [1.54, 1.807) is 0 Å². The largest absolute Gasteiger partial charge is 0.390 e. The molecule has 2 rings (SSSR count). The van der Waals surface area contributed by atoms with E-state index in [1.807, 2.05) is 27.7 Å². The Balaban J connectivity index is 0.00000106. The molecule has 21 heavy (non-hydrogen) atoms. The van der Waals surface area contributed by atoms with Crippen molar-refractivity contribution >= 4 is 5.78 Å². The Morgan fingerprint density at radius 3 is 2.52 bits per heavy atom. The Labute approximate surface area is 131 Å². The van der Waals surface area contributed by atoms with Crippen molar-refractivity contribution in [1.82, 2.24) is 0 Å². The minimum absolute atomic E-state index is 0.296. The van der Waals surface area contributed by atoms with Crippen molar-refractivity contribution in [3.63, 3.8) is 0 Å². The summed E-state index contributed by atoms with van der Waals surface area (Å²) in [6, 6.07) is 0. The summed E-state index contributed by atoms with van der Waals surface area (Å²) in [6.45, 7) is 10.1. The third-order valence-electron chi connectivity index (χ3n) is 5.65. The summed E-state index contributed by atoms with van der Waals surface area (Å²) in [5.74, 6) is 1.64. The molecule has 3 atom stereocenters. The summed E-state index contributed by atoms with van der Waals surface area (Å²) in [4.78, 5) is 12.1. The fourth-order valence-electron chi connectivity index (χ4n) is 4.46. The third kappa shape index (κ3) is 4.81. The van der Waals surface area contributed by atoms with Crippen molar-refractivity contribution in [2.75, 3.05) is 0 Å². The standard InChI is InChI=1S/C17H30O2.C2H6/c1-16(2,19)11-5-4-7-13-9-10-14-15(18)8-6-12-17(13,14)3;1-2/h13-14,19H,4-12H2,1-3H3;1-2H3/t13?,14-,17+;/m0./s1. The number of aliphatic hydroxyl groups is 1. The molecule has 2 fully saturated rings. The van der Waals surface area contributed by atoms with Crippen LogP contribution < -0.4 is 0 Å². The highest BCUT2D eigenvalue weighted by atomic mass is 16.3. The van der Waals surface area contributed by atoms with Crippen molar-refractivity contribution in [3.8, 4) is 0 Å². The van der Waals surface area contributed by atoms with Crippen LogP contribution in [0.25, 0.3) is 0 Å². The Morgan fingerprint density at radius 2 is 1.90 bits per heavy atom. The van der Waals surface area contributed by atoms with E-state index in [9.17, 15) is 9.90 Å². The van der Waals surface area contributed by atoms with Gasteiger partial charge in [-0.2, -0.15) is 0 Å². The van der Waals surface area contributed by atoms with Gasteiger partial charge in [0.25, 0.3) is 0 Å². The number of rotatable bonds is 5. The minimum atomic E-state index is -0.525. The highest BCUT2D eigenvalue weighted by molar-refractivity contribution is 5.83. The van der Waals surface area contributed by atoms with Crippen LogP contribution in [0.4, 0.5) is 0 Å². The number of Topliss-reactive ketones (excluding diaryl/α,β-unsaturated/α-hetero) is 1. The summed E-state index contributed by atoms with van der Waals surface area (Å²) >= 11 is 0. The maximum Gasteiger partial charge on any atom is 0.136 e.